The fourth-order valence-electron chi connectivity index (χ4n) is 2.06. The lowest BCUT2D eigenvalue weighted by atomic mass is 10.2. The highest BCUT2D eigenvalue weighted by Gasteiger charge is 2.17. The van der Waals surface area contributed by atoms with Crippen LogP contribution in [0.3, 0.4) is 0 Å². The van der Waals surface area contributed by atoms with E-state index in [4.69, 9.17) is 4.74 Å². The predicted molar refractivity (Wildman–Crippen MR) is 65.2 cm³/mol. The van der Waals surface area contributed by atoms with Gasteiger partial charge in [0.15, 0.2) is 0 Å². The number of amides is 2. The van der Waals surface area contributed by atoms with Crippen molar-refractivity contribution in [1.82, 2.24) is 10.3 Å². The highest BCUT2D eigenvalue weighted by atomic mass is 16.5. The second-order valence-electron chi connectivity index (χ2n) is 4.14. The molecule has 1 aromatic rings. The van der Waals surface area contributed by atoms with Crippen molar-refractivity contribution >= 4 is 11.7 Å². The summed E-state index contributed by atoms with van der Waals surface area (Å²) < 4.78 is 5.06. The lowest BCUT2D eigenvalue weighted by molar-refractivity contribution is 0.248. The summed E-state index contributed by atoms with van der Waals surface area (Å²) in [6.45, 7) is 0. The number of hydrogen-bond donors (Lipinski definition) is 2. The molecule has 2 amide bonds. The Kier molecular flexibility index (Phi) is 3.80. The maximum Gasteiger partial charge on any atom is 0.319 e. The number of nitrogens with one attached hydrogen (secondary N) is 2. The topological polar surface area (TPSA) is 63.2 Å². The standard InChI is InChI=1S/C12H17N3O2/c1-17-11-10(7-4-8-13-11)15-12(16)14-9-5-2-3-6-9/h4,7-9H,2-3,5-6H2,1H3,(H2,14,15,16). The van der Waals surface area contributed by atoms with Crippen molar-refractivity contribution in [3.8, 4) is 5.88 Å². The van der Waals surface area contributed by atoms with Crippen LogP contribution in [0, 0.1) is 0 Å². The largest absolute Gasteiger partial charge is 0.480 e. The van der Waals surface area contributed by atoms with Crippen LogP contribution in [0.2, 0.25) is 0 Å². The Morgan fingerprint density at radius 2 is 2.24 bits per heavy atom. The van der Waals surface area contributed by atoms with E-state index in [2.05, 4.69) is 15.6 Å². The quantitative estimate of drug-likeness (QED) is 0.843. The summed E-state index contributed by atoms with van der Waals surface area (Å²) in [6.07, 6.45) is 6.15. The zero-order valence-electron chi connectivity index (χ0n) is 9.90. The van der Waals surface area contributed by atoms with Crippen LogP contribution in [-0.4, -0.2) is 24.2 Å². The van der Waals surface area contributed by atoms with Crippen LogP contribution >= 0.6 is 0 Å². The van der Waals surface area contributed by atoms with Crippen LogP contribution in [0.4, 0.5) is 10.5 Å². The highest BCUT2D eigenvalue weighted by molar-refractivity contribution is 5.90. The molecule has 0 aromatic carbocycles. The fourth-order valence-corrected chi connectivity index (χ4v) is 2.06. The molecule has 1 aliphatic carbocycles. The van der Waals surface area contributed by atoms with Gasteiger partial charge < -0.3 is 15.4 Å². The van der Waals surface area contributed by atoms with E-state index in [9.17, 15) is 4.79 Å². The maximum atomic E-state index is 11.7. The Bertz CT molecular complexity index is 389. The van der Waals surface area contributed by atoms with Gasteiger partial charge in [0.1, 0.15) is 5.69 Å². The van der Waals surface area contributed by atoms with E-state index >= 15 is 0 Å². The van der Waals surface area contributed by atoms with E-state index in [0.717, 1.165) is 12.8 Å². The third kappa shape index (κ3) is 3.09. The molecule has 2 rings (SSSR count). The first kappa shape index (κ1) is 11.7. The summed E-state index contributed by atoms with van der Waals surface area (Å²) in [6, 6.07) is 3.63. The number of pyridine rings is 1. The lowest BCUT2D eigenvalue weighted by Gasteiger charge is -2.13. The van der Waals surface area contributed by atoms with E-state index < -0.39 is 0 Å². The molecule has 1 aliphatic rings. The molecule has 0 atom stereocenters. The summed E-state index contributed by atoms with van der Waals surface area (Å²) in [7, 11) is 1.53. The van der Waals surface area contributed by atoms with Gasteiger partial charge in [-0.3, -0.25) is 0 Å². The van der Waals surface area contributed by atoms with Gasteiger partial charge in [0.2, 0.25) is 5.88 Å². The Labute approximate surface area is 101 Å². The lowest BCUT2D eigenvalue weighted by Crippen LogP contribution is -2.36. The van der Waals surface area contributed by atoms with Gasteiger partial charge in [-0.25, -0.2) is 9.78 Å². The summed E-state index contributed by atoms with van der Waals surface area (Å²) in [5.74, 6) is 0.425. The number of ether oxygens (including phenoxy) is 1. The average Bonchev–Trinajstić information content (AvgIpc) is 2.82. The summed E-state index contributed by atoms with van der Waals surface area (Å²) >= 11 is 0. The molecular weight excluding hydrogens is 218 g/mol. The molecule has 17 heavy (non-hydrogen) atoms. The van der Waals surface area contributed by atoms with Gasteiger partial charge in [-0.2, -0.15) is 0 Å². The first-order valence-corrected chi connectivity index (χ1v) is 5.86. The van der Waals surface area contributed by atoms with Crippen LogP contribution in [0.15, 0.2) is 18.3 Å². The summed E-state index contributed by atoms with van der Waals surface area (Å²) in [4.78, 5) is 15.7. The number of hydrogen-bond acceptors (Lipinski definition) is 3. The van der Waals surface area contributed by atoms with Gasteiger partial charge in [0.25, 0.3) is 0 Å². The molecule has 1 fully saturated rings. The third-order valence-electron chi connectivity index (χ3n) is 2.90. The minimum absolute atomic E-state index is 0.191. The monoisotopic (exact) mass is 235 g/mol. The first-order chi connectivity index (χ1) is 8.29. The zero-order valence-corrected chi connectivity index (χ0v) is 9.90. The molecule has 92 valence electrons. The van der Waals surface area contributed by atoms with Gasteiger partial charge in [-0.15, -0.1) is 0 Å². The number of urea groups is 1. The fraction of sp³-hybridized carbons (Fsp3) is 0.500. The van der Waals surface area contributed by atoms with Crippen molar-refractivity contribution < 1.29 is 9.53 Å². The molecule has 0 unspecified atom stereocenters. The molecule has 5 nitrogen and oxygen atoms in total. The Morgan fingerprint density at radius 3 is 2.94 bits per heavy atom. The second kappa shape index (κ2) is 5.52. The number of nitrogens with zero attached hydrogens (tertiary/aromatic N) is 1. The summed E-state index contributed by atoms with van der Waals surface area (Å²) in [5.41, 5.74) is 0.588. The van der Waals surface area contributed by atoms with Crippen LogP contribution < -0.4 is 15.4 Å². The van der Waals surface area contributed by atoms with E-state index in [-0.39, 0.29) is 6.03 Å². The van der Waals surface area contributed by atoms with Gasteiger partial charge in [-0.1, -0.05) is 12.8 Å². The zero-order chi connectivity index (χ0) is 12.1. The SMILES string of the molecule is COc1ncccc1NC(=O)NC1CCCC1. The van der Waals surface area contributed by atoms with Gasteiger partial charge in [0.05, 0.1) is 7.11 Å². The molecule has 0 spiro atoms. The molecule has 2 N–H and O–H groups in total. The molecule has 0 radical (unpaired) electrons. The van der Waals surface area contributed by atoms with E-state index in [1.807, 2.05) is 0 Å². The number of carbonyl (C=O) groups is 1. The van der Waals surface area contributed by atoms with Gasteiger partial charge in [-0.05, 0) is 25.0 Å². The normalized spacial score (nSPS) is 15.6. The number of methoxy groups -OCH3 is 1. The molecule has 0 saturated heterocycles. The minimum atomic E-state index is -0.191. The van der Waals surface area contributed by atoms with Gasteiger partial charge >= 0.3 is 6.03 Å². The van der Waals surface area contributed by atoms with Crippen LogP contribution in [-0.2, 0) is 0 Å². The van der Waals surface area contributed by atoms with Crippen molar-refractivity contribution in [2.75, 3.05) is 12.4 Å². The second-order valence-corrected chi connectivity index (χ2v) is 4.14. The number of anilines is 1. The Hall–Kier alpha value is -1.78. The summed E-state index contributed by atoms with van der Waals surface area (Å²) in [5, 5.41) is 5.70. The van der Waals surface area contributed by atoms with E-state index in [1.165, 1.54) is 20.0 Å². The molecule has 5 heteroatoms. The Morgan fingerprint density at radius 1 is 1.47 bits per heavy atom. The van der Waals surface area contributed by atoms with Crippen molar-refractivity contribution in [2.24, 2.45) is 0 Å². The van der Waals surface area contributed by atoms with Crippen LogP contribution in [0.1, 0.15) is 25.7 Å². The van der Waals surface area contributed by atoms with E-state index in [0.29, 0.717) is 17.6 Å². The first-order valence-electron chi connectivity index (χ1n) is 5.86. The molecule has 1 aromatic heterocycles. The molecular formula is C12H17N3O2. The molecule has 1 heterocycles. The van der Waals surface area contributed by atoms with E-state index in [1.54, 1.807) is 18.3 Å². The van der Waals surface area contributed by atoms with Crippen molar-refractivity contribution in [3.63, 3.8) is 0 Å². The minimum Gasteiger partial charge on any atom is -0.480 e. The number of aromatic nitrogens is 1. The van der Waals surface area contributed by atoms with Crippen LogP contribution in [0.25, 0.3) is 0 Å². The number of rotatable bonds is 3. The average molecular weight is 235 g/mol. The molecule has 0 bridgehead atoms. The highest BCUT2D eigenvalue weighted by Crippen LogP contribution is 2.21. The smallest absolute Gasteiger partial charge is 0.319 e. The van der Waals surface area contributed by atoms with Crippen molar-refractivity contribution in [1.29, 1.82) is 0 Å². The Balaban J connectivity index is 1.92. The van der Waals surface area contributed by atoms with Gasteiger partial charge in [0, 0.05) is 12.2 Å². The molecule has 1 saturated carbocycles. The van der Waals surface area contributed by atoms with Crippen LogP contribution in [0.5, 0.6) is 5.88 Å². The van der Waals surface area contributed by atoms with Crippen molar-refractivity contribution in [2.45, 2.75) is 31.7 Å². The third-order valence-corrected chi connectivity index (χ3v) is 2.90. The predicted octanol–water partition coefficient (Wildman–Crippen LogP) is 2.15. The van der Waals surface area contributed by atoms with Crippen molar-refractivity contribution in [3.05, 3.63) is 18.3 Å². The number of carbonyl (C=O) groups excluding carboxylic acids is 1. The maximum absolute atomic E-state index is 11.7. The molecule has 0 aliphatic heterocycles.